The number of hydrogen-bond donors (Lipinski definition) is 1. The zero-order valence-electron chi connectivity index (χ0n) is 19.2. The van der Waals surface area contributed by atoms with Gasteiger partial charge >= 0.3 is 0 Å². The van der Waals surface area contributed by atoms with E-state index in [0.717, 1.165) is 49.6 Å². The lowest BCUT2D eigenvalue weighted by atomic mass is 9.96. The highest BCUT2D eigenvalue weighted by Gasteiger charge is 2.30. The highest BCUT2D eigenvalue weighted by molar-refractivity contribution is 7.89. The third-order valence-electron chi connectivity index (χ3n) is 6.82. The molecule has 3 aromatic rings. The molecule has 1 aliphatic carbocycles. The molecule has 2 aliphatic rings. The summed E-state index contributed by atoms with van der Waals surface area (Å²) in [4.78, 5) is 19.6. The molecule has 1 saturated heterocycles. The van der Waals surface area contributed by atoms with Crippen molar-refractivity contribution in [2.45, 2.75) is 55.4 Å². The Morgan fingerprint density at radius 3 is 2.53 bits per heavy atom. The summed E-state index contributed by atoms with van der Waals surface area (Å²) in [5.41, 5.74) is 1.95. The van der Waals surface area contributed by atoms with Gasteiger partial charge in [0.25, 0.3) is 5.91 Å². The average Bonchev–Trinajstić information content (AvgIpc) is 3.52. The van der Waals surface area contributed by atoms with Gasteiger partial charge in [0.2, 0.25) is 10.0 Å². The van der Waals surface area contributed by atoms with Gasteiger partial charge in [0.15, 0.2) is 11.5 Å². The number of oxazole rings is 1. The minimum Gasteiger partial charge on any atom is -0.495 e. The summed E-state index contributed by atoms with van der Waals surface area (Å²) in [5, 5.41) is 0. The Balaban J connectivity index is 1.30. The highest BCUT2D eigenvalue weighted by atomic mass is 32.2. The first kappa shape index (κ1) is 22.9. The molecule has 2 fully saturated rings. The molecule has 1 amide bonds. The number of amides is 1. The van der Waals surface area contributed by atoms with Crippen molar-refractivity contribution in [3.8, 4) is 5.75 Å². The molecule has 0 radical (unpaired) electrons. The zero-order chi connectivity index (χ0) is 23.7. The van der Waals surface area contributed by atoms with Crippen molar-refractivity contribution >= 4 is 27.0 Å². The second-order valence-corrected chi connectivity index (χ2v) is 10.7. The van der Waals surface area contributed by atoms with E-state index in [-0.39, 0.29) is 28.5 Å². The van der Waals surface area contributed by atoms with Gasteiger partial charge in [-0.05, 0) is 56.0 Å². The Kier molecular flexibility index (Phi) is 6.31. The molecule has 1 aromatic heterocycles. The summed E-state index contributed by atoms with van der Waals surface area (Å²) in [6.07, 6.45) is 5.17. The number of rotatable bonds is 6. The van der Waals surface area contributed by atoms with Crippen molar-refractivity contribution < 1.29 is 22.4 Å². The van der Waals surface area contributed by atoms with Crippen LogP contribution in [0.15, 0.2) is 51.8 Å². The van der Waals surface area contributed by atoms with Crippen LogP contribution in [0.2, 0.25) is 0 Å². The van der Waals surface area contributed by atoms with E-state index in [0.29, 0.717) is 24.5 Å². The number of nitrogens with one attached hydrogen (secondary N) is 1. The minimum absolute atomic E-state index is 0.00844. The average molecular weight is 484 g/mol. The Morgan fingerprint density at radius 1 is 1.09 bits per heavy atom. The van der Waals surface area contributed by atoms with Crippen molar-refractivity contribution in [2.75, 3.05) is 20.2 Å². The summed E-state index contributed by atoms with van der Waals surface area (Å²) in [6, 6.07) is 12.2. The van der Waals surface area contributed by atoms with Crippen LogP contribution in [0.1, 0.15) is 60.7 Å². The number of hydrogen-bond acceptors (Lipinski definition) is 6. The lowest BCUT2D eigenvalue weighted by molar-refractivity contribution is 0.0706. The number of benzene rings is 2. The number of carbonyl (C=O) groups excluding carboxylic acids is 1. The molecule has 1 saturated carbocycles. The van der Waals surface area contributed by atoms with E-state index >= 15 is 0 Å². The Bertz CT molecular complexity index is 1260. The SMILES string of the molecule is COc1ccc(C(=O)N2CCC(c3nc4ccccc4o3)CC2)cc1S(=O)(=O)NC1CCCC1. The smallest absolute Gasteiger partial charge is 0.253 e. The zero-order valence-corrected chi connectivity index (χ0v) is 20.0. The summed E-state index contributed by atoms with van der Waals surface area (Å²) < 4.78 is 40.1. The number of nitrogens with zero attached hydrogens (tertiary/aromatic N) is 2. The van der Waals surface area contributed by atoms with Crippen molar-refractivity contribution in [1.29, 1.82) is 0 Å². The molecule has 2 heterocycles. The second-order valence-electron chi connectivity index (χ2n) is 9.05. The van der Waals surface area contributed by atoms with Crippen molar-refractivity contribution in [1.82, 2.24) is 14.6 Å². The van der Waals surface area contributed by atoms with E-state index in [4.69, 9.17) is 9.15 Å². The number of sulfonamides is 1. The van der Waals surface area contributed by atoms with Gasteiger partial charge in [-0.2, -0.15) is 0 Å². The van der Waals surface area contributed by atoms with Crippen molar-refractivity contribution in [3.05, 3.63) is 53.9 Å². The van der Waals surface area contributed by atoms with Gasteiger partial charge in [-0.25, -0.2) is 18.1 Å². The van der Waals surface area contributed by atoms with Crippen LogP contribution < -0.4 is 9.46 Å². The summed E-state index contributed by atoms with van der Waals surface area (Å²) in [7, 11) is -2.36. The maximum absolute atomic E-state index is 13.2. The number of aromatic nitrogens is 1. The van der Waals surface area contributed by atoms with E-state index in [9.17, 15) is 13.2 Å². The molecule has 0 bridgehead atoms. The number of methoxy groups -OCH3 is 1. The van der Waals surface area contributed by atoms with E-state index in [1.165, 1.54) is 13.2 Å². The lowest BCUT2D eigenvalue weighted by Crippen LogP contribution is -2.38. The number of piperidine rings is 1. The molecule has 0 atom stereocenters. The Morgan fingerprint density at radius 2 is 1.82 bits per heavy atom. The number of para-hydroxylation sites is 2. The number of likely N-dealkylation sites (tertiary alicyclic amines) is 1. The third-order valence-corrected chi connectivity index (χ3v) is 8.36. The van der Waals surface area contributed by atoms with Crippen LogP contribution >= 0.6 is 0 Å². The standard InChI is InChI=1S/C25H29N3O5S/c1-32-22-11-10-18(16-23(22)34(30,31)27-19-6-2-3-7-19)25(29)28-14-12-17(13-15-28)24-26-20-8-4-5-9-21(20)33-24/h4-5,8-11,16-17,19,27H,2-3,6-7,12-15H2,1H3. The van der Waals surface area contributed by atoms with Gasteiger partial charge < -0.3 is 14.1 Å². The van der Waals surface area contributed by atoms with Crippen LogP contribution in [0, 0.1) is 0 Å². The van der Waals surface area contributed by atoms with Crippen LogP contribution in [0.4, 0.5) is 0 Å². The largest absolute Gasteiger partial charge is 0.495 e. The van der Waals surface area contributed by atoms with E-state index in [1.54, 1.807) is 17.0 Å². The number of ether oxygens (including phenoxy) is 1. The first-order valence-electron chi connectivity index (χ1n) is 11.8. The molecule has 0 spiro atoms. The molecule has 180 valence electrons. The topological polar surface area (TPSA) is 102 Å². The Hall–Kier alpha value is -2.91. The number of fused-ring (bicyclic) bond motifs is 1. The van der Waals surface area contributed by atoms with Gasteiger partial charge in [-0.3, -0.25) is 4.79 Å². The normalized spacial score (nSPS) is 18.0. The van der Waals surface area contributed by atoms with Crippen LogP contribution in [0.25, 0.3) is 11.1 Å². The van der Waals surface area contributed by atoms with Gasteiger partial charge in [-0.15, -0.1) is 0 Å². The van der Waals surface area contributed by atoms with Crippen LogP contribution in [0.5, 0.6) is 5.75 Å². The first-order valence-corrected chi connectivity index (χ1v) is 13.3. The molecule has 1 aliphatic heterocycles. The fraction of sp³-hybridized carbons (Fsp3) is 0.440. The van der Waals surface area contributed by atoms with Crippen molar-refractivity contribution in [3.63, 3.8) is 0 Å². The molecule has 1 N–H and O–H groups in total. The predicted octanol–water partition coefficient (Wildman–Crippen LogP) is 4.08. The Labute approximate surface area is 199 Å². The van der Waals surface area contributed by atoms with Crippen molar-refractivity contribution in [2.24, 2.45) is 0 Å². The summed E-state index contributed by atoms with van der Waals surface area (Å²) in [6.45, 7) is 1.10. The first-order chi connectivity index (χ1) is 16.4. The van der Waals surface area contributed by atoms with E-state index in [2.05, 4.69) is 9.71 Å². The maximum Gasteiger partial charge on any atom is 0.253 e. The predicted molar refractivity (Wildman–Crippen MR) is 127 cm³/mol. The van der Waals surface area contributed by atoms with Gasteiger partial charge in [0.05, 0.1) is 7.11 Å². The van der Waals surface area contributed by atoms with Gasteiger partial charge in [0, 0.05) is 30.6 Å². The van der Waals surface area contributed by atoms with Crippen LogP contribution in [0.3, 0.4) is 0 Å². The van der Waals surface area contributed by atoms with Gasteiger partial charge in [-0.1, -0.05) is 25.0 Å². The summed E-state index contributed by atoms with van der Waals surface area (Å²) in [5.74, 6) is 0.913. The quantitative estimate of drug-likeness (QED) is 0.567. The van der Waals surface area contributed by atoms with E-state index in [1.807, 2.05) is 24.3 Å². The molecular formula is C25H29N3O5S. The highest BCUT2D eigenvalue weighted by Crippen LogP contribution is 2.32. The summed E-state index contributed by atoms with van der Waals surface area (Å²) >= 11 is 0. The molecule has 8 nitrogen and oxygen atoms in total. The molecule has 2 aromatic carbocycles. The monoisotopic (exact) mass is 483 g/mol. The fourth-order valence-corrected chi connectivity index (χ4v) is 6.42. The second kappa shape index (κ2) is 9.38. The molecule has 9 heteroatoms. The minimum atomic E-state index is -3.80. The maximum atomic E-state index is 13.2. The van der Waals surface area contributed by atoms with Gasteiger partial charge in [0.1, 0.15) is 16.2 Å². The molecule has 0 unspecified atom stereocenters. The van der Waals surface area contributed by atoms with E-state index < -0.39 is 10.0 Å². The van der Waals surface area contributed by atoms with Crippen LogP contribution in [-0.2, 0) is 10.0 Å². The molecular weight excluding hydrogens is 454 g/mol. The lowest BCUT2D eigenvalue weighted by Gasteiger charge is -2.30. The molecule has 34 heavy (non-hydrogen) atoms. The van der Waals surface area contributed by atoms with Crippen LogP contribution in [-0.4, -0.2) is 50.5 Å². The fourth-order valence-electron chi connectivity index (χ4n) is 4.92. The molecule has 5 rings (SSSR count). The number of carbonyl (C=O) groups is 1. The third kappa shape index (κ3) is 4.54.